The van der Waals surface area contributed by atoms with E-state index in [9.17, 15) is 9.59 Å². The summed E-state index contributed by atoms with van der Waals surface area (Å²) in [6.07, 6.45) is 11.2. The molecule has 1 atom stereocenters. The van der Waals surface area contributed by atoms with Gasteiger partial charge in [0.25, 0.3) is 5.91 Å². The number of hydrogen-bond donors (Lipinski definition) is 1. The van der Waals surface area contributed by atoms with Crippen molar-refractivity contribution in [1.29, 1.82) is 0 Å². The number of nitrogens with zero attached hydrogens (tertiary/aromatic N) is 2. The normalized spacial score (nSPS) is 23.4. The number of aromatic nitrogens is 1. The lowest BCUT2D eigenvalue weighted by Gasteiger charge is -2.55. The van der Waals surface area contributed by atoms with Gasteiger partial charge in [0.05, 0.1) is 11.5 Å². The average Bonchev–Trinajstić information content (AvgIpc) is 3.29. The summed E-state index contributed by atoms with van der Waals surface area (Å²) in [6, 6.07) is 13.5. The smallest absolute Gasteiger partial charge is 0.254 e. The van der Waals surface area contributed by atoms with Crippen molar-refractivity contribution in [2.75, 3.05) is 5.32 Å². The summed E-state index contributed by atoms with van der Waals surface area (Å²) in [5, 5.41) is 3.06. The lowest BCUT2D eigenvalue weighted by molar-refractivity contribution is -0.123. The van der Waals surface area contributed by atoms with Gasteiger partial charge >= 0.3 is 0 Å². The molecule has 1 aromatic heterocycles. The monoisotopic (exact) mass is 403 g/mol. The van der Waals surface area contributed by atoms with E-state index in [0.717, 1.165) is 56.9 Å². The van der Waals surface area contributed by atoms with E-state index in [1.807, 2.05) is 42.5 Å². The van der Waals surface area contributed by atoms with Gasteiger partial charge in [0, 0.05) is 17.8 Å². The molecule has 30 heavy (non-hydrogen) atoms. The van der Waals surface area contributed by atoms with Gasteiger partial charge in [-0.3, -0.25) is 9.59 Å². The summed E-state index contributed by atoms with van der Waals surface area (Å²) in [6.45, 7) is 0. The van der Waals surface area contributed by atoms with Gasteiger partial charge in [0.15, 0.2) is 0 Å². The van der Waals surface area contributed by atoms with Crippen molar-refractivity contribution in [2.24, 2.45) is 0 Å². The highest BCUT2D eigenvalue weighted by molar-refractivity contribution is 6.05. The number of fused-ring (bicyclic) bond motifs is 1. The highest BCUT2D eigenvalue weighted by Crippen LogP contribution is 2.51. The summed E-state index contributed by atoms with van der Waals surface area (Å²) in [5.41, 5.74) is 1.14. The Balaban J connectivity index is 1.63. The lowest BCUT2D eigenvalue weighted by Crippen LogP contribution is -2.64. The number of carbonyl (C=O) groups is 2. The van der Waals surface area contributed by atoms with Crippen LogP contribution in [-0.2, 0) is 4.79 Å². The molecule has 2 aromatic rings. The van der Waals surface area contributed by atoms with Crippen molar-refractivity contribution in [3.05, 3.63) is 59.8 Å². The Labute approximate surface area is 177 Å². The van der Waals surface area contributed by atoms with Crippen LogP contribution in [0.2, 0.25) is 0 Å². The fraction of sp³-hybridized carbons (Fsp3) is 0.480. The number of anilines is 1. The average molecular weight is 404 g/mol. The first-order chi connectivity index (χ1) is 14.7. The van der Waals surface area contributed by atoms with Crippen LogP contribution < -0.4 is 5.32 Å². The minimum absolute atomic E-state index is 0.0430. The third-order valence-electron chi connectivity index (χ3n) is 7.33. The first-order valence-electron chi connectivity index (χ1n) is 11.4. The number of pyridine rings is 1. The van der Waals surface area contributed by atoms with Crippen LogP contribution in [0, 0.1) is 0 Å². The number of nitrogens with one attached hydrogen (secondary N) is 1. The SMILES string of the molecule is O=C(Nc1ccccn1)[C@@H]1c2ccccc2C(=O)N(C2CCCC2)C12CCCCC2. The van der Waals surface area contributed by atoms with Crippen molar-refractivity contribution < 1.29 is 9.59 Å². The van der Waals surface area contributed by atoms with Crippen LogP contribution in [0.5, 0.6) is 0 Å². The molecule has 0 radical (unpaired) electrons. The summed E-state index contributed by atoms with van der Waals surface area (Å²) >= 11 is 0. The summed E-state index contributed by atoms with van der Waals surface area (Å²) in [5.74, 6) is 0.282. The first-order valence-corrected chi connectivity index (χ1v) is 11.4. The highest BCUT2D eigenvalue weighted by atomic mass is 16.2. The van der Waals surface area contributed by atoms with Crippen molar-refractivity contribution >= 4 is 17.6 Å². The molecule has 1 aliphatic heterocycles. The molecule has 3 aliphatic rings. The van der Waals surface area contributed by atoms with Gasteiger partial charge in [0.1, 0.15) is 5.82 Å². The van der Waals surface area contributed by atoms with Crippen LogP contribution in [0.1, 0.15) is 79.6 Å². The van der Waals surface area contributed by atoms with Gasteiger partial charge in [-0.2, -0.15) is 0 Å². The van der Waals surface area contributed by atoms with Gasteiger partial charge in [-0.25, -0.2) is 4.98 Å². The van der Waals surface area contributed by atoms with Gasteiger partial charge in [-0.1, -0.05) is 56.4 Å². The van der Waals surface area contributed by atoms with Crippen LogP contribution >= 0.6 is 0 Å². The predicted molar refractivity (Wildman–Crippen MR) is 116 cm³/mol. The molecule has 2 amide bonds. The van der Waals surface area contributed by atoms with Crippen molar-refractivity contribution in [1.82, 2.24) is 9.88 Å². The van der Waals surface area contributed by atoms with Crippen molar-refractivity contribution in [3.63, 3.8) is 0 Å². The van der Waals surface area contributed by atoms with Gasteiger partial charge < -0.3 is 10.2 Å². The molecule has 156 valence electrons. The first kappa shape index (κ1) is 19.3. The van der Waals surface area contributed by atoms with Crippen LogP contribution in [-0.4, -0.2) is 33.3 Å². The maximum Gasteiger partial charge on any atom is 0.254 e. The van der Waals surface area contributed by atoms with E-state index in [1.165, 1.54) is 6.42 Å². The molecular weight excluding hydrogens is 374 g/mol. The maximum absolute atomic E-state index is 13.8. The van der Waals surface area contributed by atoms with E-state index in [0.29, 0.717) is 11.4 Å². The minimum Gasteiger partial charge on any atom is -0.329 e. The van der Waals surface area contributed by atoms with E-state index in [2.05, 4.69) is 15.2 Å². The van der Waals surface area contributed by atoms with Crippen LogP contribution in [0.4, 0.5) is 5.82 Å². The van der Waals surface area contributed by atoms with E-state index in [-0.39, 0.29) is 23.8 Å². The standard InChI is InChI=1S/C25H29N3O2/c29-23(27-21-14-6-9-17-26-21)22-19-12-4-5-13-20(19)24(30)28(18-10-2-3-11-18)25(22)15-7-1-8-16-25/h4-6,9,12-14,17-18,22H,1-3,7-8,10-11,15-16H2,(H,26,27,29)/t22-/m0/s1. The molecule has 2 heterocycles. The minimum atomic E-state index is -0.433. The Morgan fingerprint density at radius 2 is 1.70 bits per heavy atom. The Morgan fingerprint density at radius 1 is 0.967 bits per heavy atom. The molecule has 2 fully saturated rings. The maximum atomic E-state index is 13.8. The summed E-state index contributed by atoms with van der Waals surface area (Å²) in [4.78, 5) is 34.0. The van der Waals surface area contributed by atoms with Crippen LogP contribution in [0.15, 0.2) is 48.7 Å². The molecule has 2 aliphatic carbocycles. The van der Waals surface area contributed by atoms with E-state index in [4.69, 9.17) is 0 Å². The van der Waals surface area contributed by atoms with E-state index >= 15 is 0 Å². The van der Waals surface area contributed by atoms with Gasteiger partial charge in [0.2, 0.25) is 5.91 Å². The Morgan fingerprint density at radius 3 is 2.43 bits per heavy atom. The molecular formula is C25H29N3O2. The molecule has 0 bridgehead atoms. The quantitative estimate of drug-likeness (QED) is 0.792. The van der Waals surface area contributed by atoms with Gasteiger partial charge in [-0.15, -0.1) is 0 Å². The largest absolute Gasteiger partial charge is 0.329 e. The van der Waals surface area contributed by atoms with Crippen LogP contribution in [0.3, 0.4) is 0 Å². The Hall–Kier alpha value is -2.69. The summed E-state index contributed by atoms with van der Waals surface area (Å²) in [7, 11) is 0. The molecule has 5 heteroatoms. The van der Waals surface area contributed by atoms with E-state index < -0.39 is 5.54 Å². The molecule has 5 nitrogen and oxygen atoms in total. The zero-order valence-electron chi connectivity index (χ0n) is 17.3. The number of amides is 2. The highest BCUT2D eigenvalue weighted by Gasteiger charge is 2.56. The summed E-state index contributed by atoms with van der Waals surface area (Å²) < 4.78 is 0. The molecule has 1 aromatic carbocycles. The zero-order valence-corrected chi connectivity index (χ0v) is 17.3. The number of rotatable bonds is 3. The Kier molecular flexibility index (Phi) is 5.05. The van der Waals surface area contributed by atoms with Crippen molar-refractivity contribution in [2.45, 2.75) is 75.3 Å². The molecule has 1 N–H and O–H groups in total. The topological polar surface area (TPSA) is 62.3 Å². The predicted octanol–water partition coefficient (Wildman–Crippen LogP) is 4.91. The van der Waals surface area contributed by atoms with E-state index in [1.54, 1.807) is 6.20 Å². The number of carbonyl (C=O) groups excluding carboxylic acids is 2. The zero-order chi connectivity index (χ0) is 20.6. The second kappa shape index (κ2) is 7.86. The number of hydrogen-bond acceptors (Lipinski definition) is 3. The fourth-order valence-corrected chi connectivity index (χ4v) is 6.11. The molecule has 1 spiro atoms. The van der Waals surface area contributed by atoms with Crippen molar-refractivity contribution in [3.8, 4) is 0 Å². The lowest BCUT2D eigenvalue weighted by atomic mass is 9.64. The third kappa shape index (κ3) is 3.11. The second-order valence-corrected chi connectivity index (χ2v) is 9.00. The molecule has 5 rings (SSSR count). The molecule has 2 saturated carbocycles. The van der Waals surface area contributed by atoms with Crippen LogP contribution in [0.25, 0.3) is 0 Å². The second-order valence-electron chi connectivity index (χ2n) is 9.00. The number of benzene rings is 1. The fourth-order valence-electron chi connectivity index (χ4n) is 6.11. The van der Waals surface area contributed by atoms with Gasteiger partial charge in [-0.05, 0) is 49.4 Å². The Bertz CT molecular complexity index is 930. The molecule has 0 unspecified atom stereocenters. The third-order valence-corrected chi connectivity index (χ3v) is 7.33. The molecule has 0 saturated heterocycles.